The number of nitrogens with zero attached hydrogens (tertiary/aromatic N) is 2. The molecule has 0 unspecified atom stereocenters. The summed E-state index contributed by atoms with van der Waals surface area (Å²) in [6.07, 6.45) is 0. The van der Waals surface area contributed by atoms with Crippen LogP contribution in [0.25, 0.3) is 10.9 Å². The van der Waals surface area contributed by atoms with Crippen molar-refractivity contribution in [3.8, 4) is 0 Å². The van der Waals surface area contributed by atoms with E-state index in [1.54, 1.807) is 13.0 Å². The molecule has 0 amide bonds. The van der Waals surface area contributed by atoms with E-state index in [4.69, 9.17) is 11.6 Å². The molecule has 20 heavy (non-hydrogen) atoms. The Morgan fingerprint density at radius 1 is 1.25 bits per heavy atom. The van der Waals surface area contributed by atoms with Crippen LogP contribution in [0.2, 0.25) is 5.15 Å². The summed E-state index contributed by atoms with van der Waals surface area (Å²) < 4.78 is 0. The maximum absolute atomic E-state index is 11.1. The van der Waals surface area contributed by atoms with Crippen molar-refractivity contribution in [3.63, 3.8) is 0 Å². The molecule has 4 nitrogen and oxygen atoms in total. The molecule has 0 saturated heterocycles. The molecular weight excluding hydrogens is 276 g/mol. The quantitative estimate of drug-likeness (QED) is 0.434. The van der Waals surface area contributed by atoms with E-state index in [1.165, 1.54) is 0 Å². The molecule has 0 bridgehead atoms. The Labute approximate surface area is 122 Å². The van der Waals surface area contributed by atoms with Crippen molar-refractivity contribution < 1.29 is 4.92 Å². The lowest BCUT2D eigenvalue weighted by Gasteiger charge is -2.21. The first-order valence-electron chi connectivity index (χ1n) is 6.38. The molecule has 0 aliphatic heterocycles. The van der Waals surface area contributed by atoms with Gasteiger partial charge in [-0.05, 0) is 36.5 Å². The lowest BCUT2D eigenvalue weighted by Crippen LogP contribution is -2.13. The van der Waals surface area contributed by atoms with Gasteiger partial charge < -0.3 is 0 Å². The summed E-state index contributed by atoms with van der Waals surface area (Å²) >= 11 is 6.27. The fourth-order valence-corrected chi connectivity index (χ4v) is 2.74. The van der Waals surface area contributed by atoms with Crippen molar-refractivity contribution in [1.82, 2.24) is 4.98 Å². The lowest BCUT2D eigenvalue weighted by atomic mass is 9.86. The van der Waals surface area contributed by atoms with Crippen LogP contribution in [0, 0.1) is 24.0 Å². The topological polar surface area (TPSA) is 56.0 Å². The van der Waals surface area contributed by atoms with Crippen LogP contribution in [0.5, 0.6) is 0 Å². The summed E-state index contributed by atoms with van der Waals surface area (Å²) in [4.78, 5) is 15.2. The molecule has 0 saturated carbocycles. The molecule has 106 valence electrons. The van der Waals surface area contributed by atoms with Crippen LogP contribution in [0.1, 0.15) is 37.5 Å². The van der Waals surface area contributed by atoms with Crippen molar-refractivity contribution in [1.29, 1.82) is 0 Å². The molecule has 0 aliphatic rings. The Bertz CT molecular complexity index is 718. The van der Waals surface area contributed by atoms with Gasteiger partial charge in [-0.3, -0.25) is 10.1 Å². The smallest absolute Gasteiger partial charge is 0.258 e. The number of hydrogen-bond acceptors (Lipinski definition) is 3. The molecule has 0 fully saturated rings. The Morgan fingerprint density at radius 2 is 1.85 bits per heavy atom. The van der Waals surface area contributed by atoms with Gasteiger partial charge in [-0.1, -0.05) is 32.4 Å². The van der Waals surface area contributed by atoms with Crippen molar-refractivity contribution in [2.24, 2.45) is 0 Å². The molecule has 1 aromatic carbocycles. The number of pyridine rings is 1. The van der Waals surface area contributed by atoms with Gasteiger partial charge in [-0.15, -0.1) is 0 Å². The number of rotatable bonds is 1. The lowest BCUT2D eigenvalue weighted by molar-refractivity contribution is -0.385. The minimum Gasteiger partial charge on any atom is -0.258 e. The second-order valence-corrected chi connectivity index (χ2v) is 6.43. The number of benzene rings is 1. The monoisotopic (exact) mass is 292 g/mol. The van der Waals surface area contributed by atoms with Crippen LogP contribution in [0.15, 0.2) is 12.1 Å². The molecule has 0 spiro atoms. The van der Waals surface area contributed by atoms with Crippen LogP contribution in [-0.2, 0) is 5.41 Å². The fraction of sp³-hybridized carbons (Fsp3) is 0.400. The molecule has 2 aromatic rings. The minimum atomic E-state index is -0.354. The molecule has 1 aromatic heterocycles. The highest BCUT2D eigenvalue weighted by Crippen LogP contribution is 2.35. The maximum atomic E-state index is 11.1. The molecule has 2 rings (SSSR count). The highest BCUT2D eigenvalue weighted by atomic mass is 35.5. The number of hydrogen-bond donors (Lipinski definition) is 0. The van der Waals surface area contributed by atoms with E-state index in [-0.39, 0.29) is 16.0 Å². The van der Waals surface area contributed by atoms with E-state index in [9.17, 15) is 10.1 Å². The van der Waals surface area contributed by atoms with E-state index >= 15 is 0 Å². The molecular formula is C15H17ClN2O2. The summed E-state index contributed by atoms with van der Waals surface area (Å²) in [5.41, 5.74) is 2.98. The summed E-state index contributed by atoms with van der Waals surface area (Å²) in [6, 6.07) is 3.48. The standard InChI is InChI=1S/C15H17ClN2O2/c1-8-6-12(18(19)20)9(2)10-7-11(15(3,4)5)14(16)17-13(8)10/h6-7H,1-5H3. The highest BCUT2D eigenvalue weighted by molar-refractivity contribution is 6.30. The molecule has 0 N–H and O–H groups in total. The van der Waals surface area contributed by atoms with E-state index in [2.05, 4.69) is 4.98 Å². The first-order chi connectivity index (χ1) is 9.12. The first kappa shape index (κ1) is 14.7. The Morgan fingerprint density at radius 3 is 2.35 bits per heavy atom. The van der Waals surface area contributed by atoms with Gasteiger partial charge in [0.05, 0.1) is 10.4 Å². The predicted molar refractivity (Wildman–Crippen MR) is 81.6 cm³/mol. The summed E-state index contributed by atoms with van der Waals surface area (Å²) in [6.45, 7) is 9.70. The summed E-state index contributed by atoms with van der Waals surface area (Å²) in [7, 11) is 0. The SMILES string of the molecule is Cc1c([N+](=O)[O-])cc(C)c2nc(Cl)c(C(C)(C)C)cc12. The van der Waals surface area contributed by atoms with Gasteiger partial charge in [0.1, 0.15) is 5.15 Å². The largest absolute Gasteiger partial charge is 0.273 e. The van der Waals surface area contributed by atoms with E-state index in [1.807, 2.05) is 33.8 Å². The Balaban J connectivity index is 2.91. The fourth-order valence-electron chi connectivity index (χ4n) is 2.31. The molecule has 0 atom stereocenters. The third-order valence-electron chi connectivity index (χ3n) is 3.50. The molecule has 0 radical (unpaired) electrons. The average Bonchev–Trinajstić information content (AvgIpc) is 2.31. The average molecular weight is 293 g/mol. The van der Waals surface area contributed by atoms with Crippen LogP contribution < -0.4 is 0 Å². The van der Waals surface area contributed by atoms with Crippen molar-refractivity contribution in [2.75, 3.05) is 0 Å². The minimum absolute atomic E-state index is 0.124. The summed E-state index contributed by atoms with van der Waals surface area (Å²) in [5.74, 6) is 0. The number of aromatic nitrogens is 1. The van der Waals surface area contributed by atoms with Crippen LogP contribution in [-0.4, -0.2) is 9.91 Å². The number of nitro groups is 1. The van der Waals surface area contributed by atoms with Gasteiger partial charge in [0.2, 0.25) is 0 Å². The predicted octanol–water partition coefficient (Wildman–Crippen LogP) is 4.71. The number of nitro benzene ring substituents is 1. The van der Waals surface area contributed by atoms with Gasteiger partial charge in [0, 0.05) is 17.0 Å². The number of aryl methyl sites for hydroxylation is 2. The second-order valence-electron chi connectivity index (χ2n) is 6.07. The van der Waals surface area contributed by atoms with Crippen LogP contribution in [0.3, 0.4) is 0 Å². The number of fused-ring (bicyclic) bond motifs is 1. The Kier molecular flexibility index (Phi) is 3.46. The van der Waals surface area contributed by atoms with Gasteiger partial charge in [-0.25, -0.2) is 4.98 Å². The van der Waals surface area contributed by atoms with E-state index in [0.29, 0.717) is 10.7 Å². The van der Waals surface area contributed by atoms with Gasteiger partial charge in [0.15, 0.2) is 0 Å². The highest BCUT2D eigenvalue weighted by Gasteiger charge is 2.22. The number of halogens is 1. The van der Waals surface area contributed by atoms with E-state index in [0.717, 1.165) is 22.0 Å². The van der Waals surface area contributed by atoms with Gasteiger partial charge >= 0.3 is 0 Å². The van der Waals surface area contributed by atoms with E-state index < -0.39 is 0 Å². The van der Waals surface area contributed by atoms with Crippen molar-refractivity contribution >= 4 is 28.2 Å². The van der Waals surface area contributed by atoms with Gasteiger partial charge in [0.25, 0.3) is 5.69 Å². The van der Waals surface area contributed by atoms with Crippen molar-refractivity contribution in [2.45, 2.75) is 40.0 Å². The second kappa shape index (κ2) is 4.70. The zero-order chi connectivity index (χ0) is 15.2. The zero-order valence-corrected chi connectivity index (χ0v) is 13.0. The molecule has 5 heteroatoms. The third-order valence-corrected chi connectivity index (χ3v) is 3.78. The van der Waals surface area contributed by atoms with Crippen LogP contribution in [0.4, 0.5) is 5.69 Å². The summed E-state index contributed by atoms with van der Waals surface area (Å²) in [5, 5.41) is 12.4. The van der Waals surface area contributed by atoms with Crippen LogP contribution >= 0.6 is 11.6 Å². The van der Waals surface area contributed by atoms with Crippen molar-refractivity contribution in [3.05, 3.63) is 44.1 Å². The zero-order valence-electron chi connectivity index (χ0n) is 12.2. The van der Waals surface area contributed by atoms with Gasteiger partial charge in [-0.2, -0.15) is 0 Å². The molecule has 1 heterocycles. The normalized spacial score (nSPS) is 11.9. The Hall–Kier alpha value is -1.68. The first-order valence-corrected chi connectivity index (χ1v) is 6.76. The third kappa shape index (κ3) is 2.36. The molecule has 0 aliphatic carbocycles. The maximum Gasteiger partial charge on any atom is 0.273 e.